The first-order chi connectivity index (χ1) is 13.1. The highest BCUT2D eigenvalue weighted by molar-refractivity contribution is 7.90. The Morgan fingerprint density at radius 1 is 1.32 bits per heavy atom. The van der Waals surface area contributed by atoms with Gasteiger partial charge in [0.2, 0.25) is 5.95 Å². The number of aryl methyl sites for hydroxylation is 1. The van der Waals surface area contributed by atoms with Crippen LogP contribution in [0.2, 0.25) is 0 Å². The minimum Gasteiger partial charge on any atom is -0.465 e. The third-order valence-electron chi connectivity index (χ3n) is 3.97. The molecular weight excluding hydrogens is 396 g/mol. The number of carbonyl (C=O) groups is 1. The summed E-state index contributed by atoms with van der Waals surface area (Å²) in [4.78, 5) is 15.0. The number of pyridine rings is 1. The predicted octanol–water partition coefficient (Wildman–Crippen LogP) is 1.91. The molecule has 0 unspecified atom stereocenters. The van der Waals surface area contributed by atoms with Crippen LogP contribution in [0.4, 0.5) is 13.6 Å². The van der Waals surface area contributed by atoms with Crippen LogP contribution in [0.25, 0.3) is 11.3 Å². The van der Waals surface area contributed by atoms with Gasteiger partial charge in [0.1, 0.15) is 10.6 Å². The number of hydrogen-bond donors (Lipinski definition) is 1. The smallest absolute Gasteiger partial charge is 0.407 e. The zero-order chi connectivity index (χ0) is 20.6. The van der Waals surface area contributed by atoms with Crippen LogP contribution in [0, 0.1) is 11.8 Å². The van der Waals surface area contributed by atoms with Crippen molar-refractivity contribution < 1.29 is 27.1 Å². The first-order valence-electron chi connectivity index (χ1n) is 7.81. The lowest BCUT2D eigenvalue weighted by molar-refractivity contribution is 0.153. The SMILES string of the molecule is CN(Cc1cn(S(=O)(=O)c2cnn(C)c2)c(-c2cccnc2F)c1F)C(=O)O. The summed E-state index contributed by atoms with van der Waals surface area (Å²) in [7, 11) is -1.64. The van der Waals surface area contributed by atoms with Crippen molar-refractivity contribution in [2.75, 3.05) is 7.05 Å². The third-order valence-corrected chi connectivity index (χ3v) is 5.58. The van der Waals surface area contributed by atoms with Crippen LogP contribution < -0.4 is 0 Å². The van der Waals surface area contributed by atoms with Crippen LogP contribution >= 0.6 is 0 Å². The van der Waals surface area contributed by atoms with E-state index in [0.717, 1.165) is 23.5 Å². The molecule has 148 valence electrons. The quantitative estimate of drug-likeness (QED) is 0.642. The van der Waals surface area contributed by atoms with E-state index in [1.165, 1.54) is 37.1 Å². The van der Waals surface area contributed by atoms with Gasteiger partial charge in [0.25, 0.3) is 10.0 Å². The molecule has 12 heteroatoms. The molecule has 0 aromatic carbocycles. The summed E-state index contributed by atoms with van der Waals surface area (Å²) in [5.41, 5.74) is -1.20. The molecule has 0 fully saturated rings. The standard InChI is InChI=1S/C16H15F2N5O4S/c1-21(16(24)25)7-10-8-23(28(26,27)11-6-20-22(2)9-11)14(13(10)17)12-4-3-5-19-15(12)18/h3-6,8-9H,7H2,1-2H3,(H,24,25). The van der Waals surface area contributed by atoms with Gasteiger partial charge in [-0.25, -0.2) is 26.6 Å². The Hall–Kier alpha value is -3.28. The topological polar surface area (TPSA) is 110 Å². The molecule has 9 nitrogen and oxygen atoms in total. The summed E-state index contributed by atoms with van der Waals surface area (Å²) in [6.45, 7) is -0.439. The summed E-state index contributed by atoms with van der Waals surface area (Å²) in [5, 5.41) is 12.8. The fourth-order valence-corrected chi connectivity index (χ4v) is 3.96. The van der Waals surface area contributed by atoms with Crippen molar-refractivity contribution in [3.8, 4) is 11.3 Å². The molecule has 3 heterocycles. The van der Waals surface area contributed by atoms with E-state index >= 15 is 4.39 Å². The monoisotopic (exact) mass is 411 g/mol. The van der Waals surface area contributed by atoms with Crippen molar-refractivity contribution in [1.82, 2.24) is 23.6 Å². The minimum atomic E-state index is -4.34. The molecule has 0 aliphatic heterocycles. The van der Waals surface area contributed by atoms with Crippen LogP contribution in [-0.2, 0) is 23.6 Å². The summed E-state index contributed by atoms with van der Waals surface area (Å²) in [5.74, 6) is -2.13. The minimum absolute atomic E-state index is 0.240. The zero-order valence-electron chi connectivity index (χ0n) is 14.7. The highest BCUT2D eigenvalue weighted by Crippen LogP contribution is 2.32. The number of nitrogens with zero attached hydrogens (tertiary/aromatic N) is 5. The Morgan fingerprint density at radius 2 is 2.04 bits per heavy atom. The van der Waals surface area contributed by atoms with Crippen molar-refractivity contribution in [1.29, 1.82) is 0 Å². The van der Waals surface area contributed by atoms with Crippen LogP contribution in [-0.4, -0.2) is 50.3 Å². The molecule has 3 rings (SSSR count). The van der Waals surface area contributed by atoms with E-state index in [-0.39, 0.29) is 16.0 Å². The zero-order valence-corrected chi connectivity index (χ0v) is 15.6. The van der Waals surface area contributed by atoms with Crippen LogP contribution in [0.1, 0.15) is 5.56 Å². The Morgan fingerprint density at radius 3 is 2.61 bits per heavy atom. The average molecular weight is 411 g/mol. The molecule has 0 saturated heterocycles. The predicted molar refractivity (Wildman–Crippen MR) is 92.9 cm³/mol. The highest BCUT2D eigenvalue weighted by Gasteiger charge is 2.29. The van der Waals surface area contributed by atoms with E-state index < -0.39 is 40.1 Å². The fourth-order valence-electron chi connectivity index (χ4n) is 2.58. The first kappa shape index (κ1) is 19.5. The Kier molecular flexibility index (Phi) is 4.89. The van der Waals surface area contributed by atoms with Crippen molar-refractivity contribution in [2.45, 2.75) is 11.4 Å². The number of amides is 1. The van der Waals surface area contributed by atoms with Gasteiger partial charge in [0, 0.05) is 38.2 Å². The number of carboxylic acid groups (broad SMARTS) is 1. The normalized spacial score (nSPS) is 11.6. The molecule has 0 bridgehead atoms. The van der Waals surface area contributed by atoms with Crippen LogP contribution in [0.3, 0.4) is 0 Å². The van der Waals surface area contributed by atoms with E-state index in [0.29, 0.717) is 3.97 Å². The average Bonchev–Trinajstić information content (AvgIpc) is 3.20. The maximum atomic E-state index is 15.1. The third kappa shape index (κ3) is 3.33. The molecule has 0 radical (unpaired) electrons. The van der Waals surface area contributed by atoms with Crippen LogP contribution in [0.5, 0.6) is 0 Å². The van der Waals surface area contributed by atoms with Gasteiger partial charge in [-0.15, -0.1) is 0 Å². The molecule has 0 aliphatic rings. The molecular formula is C16H15F2N5O4S. The van der Waals surface area contributed by atoms with E-state index in [2.05, 4.69) is 10.1 Å². The van der Waals surface area contributed by atoms with Crippen molar-refractivity contribution in [2.24, 2.45) is 7.05 Å². The van der Waals surface area contributed by atoms with E-state index in [4.69, 9.17) is 5.11 Å². The number of halogens is 2. The highest BCUT2D eigenvalue weighted by atomic mass is 32.2. The fraction of sp³-hybridized carbons (Fsp3) is 0.188. The molecule has 3 aromatic rings. The second-order valence-corrected chi connectivity index (χ2v) is 7.76. The summed E-state index contributed by atoms with van der Waals surface area (Å²) in [6, 6.07) is 2.51. The van der Waals surface area contributed by atoms with Gasteiger partial charge in [-0.05, 0) is 12.1 Å². The molecule has 3 aromatic heterocycles. The maximum Gasteiger partial charge on any atom is 0.407 e. The van der Waals surface area contributed by atoms with Gasteiger partial charge in [-0.1, -0.05) is 0 Å². The lowest BCUT2D eigenvalue weighted by Gasteiger charge is -2.11. The van der Waals surface area contributed by atoms with E-state index in [1.54, 1.807) is 0 Å². The van der Waals surface area contributed by atoms with Gasteiger partial charge in [-0.2, -0.15) is 9.49 Å². The van der Waals surface area contributed by atoms with E-state index in [9.17, 15) is 17.6 Å². The van der Waals surface area contributed by atoms with Gasteiger partial charge < -0.3 is 10.0 Å². The van der Waals surface area contributed by atoms with Gasteiger partial charge >= 0.3 is 6.09 Å². The van der Waals surface area contributed by atoms with Crippen molar-refractivity contribution >= 4 is 16.1 Å². The summed E-state index contributed by atoms with van der Waals surface area (Å²) >= 11 is 0. The molecule has 1 N–H and O–H groups in total. The Bertz CT molecular complexity index is 1160. The molecule has 0 spiro atoms. The lowest BCUT2D eigenvalue weighted by atomic mass is 10.2. The molecule has 0 aliphatic carbocycles. The maximum absolute atomic E-state index is 15.1. The largest absolute Gasteiger partial charge is 0.465 e. The second kappa shape index (κ2) is 7.03. The summed E-state index contributed by atoms with van der Waals surface area (Å²) in [6.07, 6.45) is 3.01. The molecule has 0 saturated carbocycles. The Balaban J connectivity index is 2.26. The molecule has 0 atom stereocenters. The summed E-state index contributed by atoms with van der Waals surface area (Å²) < 4.78 is 57.2. The van der Waals surface area contributed by atoms with Gasteiger partial charge in [0.05, 0.1) is 18.3 Å². The molecule has 28 heavy (non-hydrogen) atoms. The lowest BCUT2D eigenvalue weighted by Crippen LogP contribution is -2.24. The number of rotatable bonds is 5. The van der Waals surface area contributed by atoms with Gasteiger partial charge in [-0.3, -0.25) is 4.68 Å². The van der Waals surface area contributed by atoms with E-state index in [1.807, 2.05) is 0 Å². The molecule has 1 amide bonds. The number of hydrogen-bond acceptors (Lipinski definition) is 5. The van der Waals surface area contributed by atoms with Crippen molar-refractivity contribution in [3.05, 3.63) is 54.2 Å². The number of aromatic nitrogens is 4. The Labute approximate surface area is 158 Å². The van der Waals surface area contributed by atoms with Gasteiger partial charge in [0.15, 0.2) is 5.82 Å². The van der Waals surface area contributed by atoms with Crippen molar-refractivity contribution in [3.63, 3.8) is 0 Å². The first-order valence-corrected chi connectivity index (χ1v) is 9.25. The van der Waals surface area contributed by atoms with Crippen LogP contribution in [0.15, 0.2) is 41.8 Å². The second-order valence-electron chi connectivity index (χ2n) is 5.95.